The Morgan fingerprint density at radius 2 is 2.18 bits per heavy atom. The van der Waals surface area contributed by atoms with Gasteiger partial charge in [0, 0.05) is 38.7 Å². The van der Waals surface area contributed by atoms with E-state index in [9.17, 15) is 14.7 Å². The minimum absolute atomic E-state index is 0.0735. The van der Waals surface area contributed by atoms with E-state index in [0.29, 0.717) is 18.6 Å². The molecule has 0 radical (unpaired) electrons. The summed E-state index contributed by atoms with van der Waals surface area (Å²) in [6.07, 6.45) is 9.72. The van der Waals surface area contributed by atoms with Crippen LogP contribution in [-0.4, -0.2) is 39.6 Å². The third-order valence-corrected chi connectivity index (χ3v) is 7.89. The molecule has 0 amide bonds. The first kappa shape index (κ1) is 23.4. The number of carbonyl (C=O) groups excluding carboxylic acids is 1. The van der Waals surface area contributed by atoms with Gasteiger partial charge in [-0.3, -0.25) is 9.59 Å². The van der Waals surface area contributed by atoms with Crippen LogP contribution in [0.25, 0.3) is 0 Å². The van der Waals surface area contributed by atoms with Crippen LogP contribution in [0.5, 0.6) is 0 Å². The van der Waals surface area contributed by atoms with Crippen LogP contribution in [0, 0.1) is 12.8 Å². The predicted molar refractivity (Wildman–Crippen MR) is 120 cm³/mol. The van der Waals surface area contributed by atoms with Crippen molar-refractivity contribution in [2.75, 3.05) is 11.5 Å². The number of carboxylic acids is 1. The fraction of sp³-hybridized carbons (Fsp3) is 0.524. The summed E-state index contributed by atoms with van der Waals surface area (Å²) in [5.74, 6) is 0.262. The molecule has 1 aliphatic rings. The Morgan fingerprint density at radius 3 is 2.86 bits per heavy atom. The van der Waals surface area contributed by atoms with Gasteiger partial charge in [0.1, 0.15) is 5.78 Å². The van der Waals surface area contributed by atoms with Crippen molar-refractivity contribution < 1.29 is 19.8 Å². The number of halogens is 1. The summed E-state index contributed by atoms with van der Waals surface area (Å²) in [4.78, 5) is 25.2. The van der Waals surface area contributed by atoms with Crippen molar-refractivity contribution in [3.8, 4) is 0 Å². The maximum Gasteiger partial charge on any atom is 0.313 e. The standard InChI is InChI=1S/C21H27BrO4S2/c1-14-19(22)12-17(28-14)9-8-16(23)7-5-15-6-10-20(24)18(15)4-2-3-11-27-13-21(25)26/h2-3,5,12,18,20,24H,4,6-11,13H2,1H3,(H,25,26)/t18-,20?/m1/s1. The molecule has 0 aliphatic heterocycles. The molecule has 2 atom stereocenters. The summed E-state index contributed by atoms with van der Waals surface area (Å²) >= 11 is 6.59. The van der Waals surface area contributed by atoms with Crippen LogP contribution in [-0.2, 0) is 16.0 Å². The highest BCUT2D eigenvalue weighted by Crippen LogP contribution is 2.34. The smallest absolute Gasteiger partial charge is 0.313 e. The van der Waals surface area contributed by atoms with Gasteiger partial charge >= 0.3 is 5.97 Å². The molecule has 1 saturated carbocycles. The van der Waals surface area contributed by atoms with Gasteiger partial charge in [0.15, 0.2) is 0 Å². The third kappa shape index (κ3) is 7.85. The summed E-state index contributed by atoms with van der Waals surface area (Å²) in [5, 5.41) is 18.9. The van der Waals surface area contributed by atoms with E-state index >= 15 is 0 Å². The Balaban J connectivity index is 1.77. The van der Waals surface area contributed by atoms with E-state index in [1.54, 1.807) is 11.3 Å². The first-order valence-corrected chi connectivity index (χ1v) is 12.2. The Kier molecular flexibility index (Phi) is 9.99. The van der Waals surface area contributed by atoms with E-state index in [4.69, 9.17) is 5.11 Å². The van der Waals surface area contributed by atoms with Crippen molar-refractivity contribution in [2.24, 2.45) is 5.92 Å². The second-order valence-corrected chi connectivity index (χ2v) is 10.2. The zero-order chi connectivity index (χ0) is 20.5. The largest absolute Gasteiger partial charge is 0.481 e. The van der Waals surface area contributed by atoms with E-state index in [1.807, 2.05) is 18.2 Å². The number of carboxylic acid groups (broad SMARTS) is 1. The number of ketones is 1. The lowest BCUT2D eigenvalue weighted by Gasteiger charge is -2.14. The SMILES string of the molecule is Cc1sc(CCC(=O)CC=C2CCC(O)[C@@H]2CC=CCSCC(=O)O)cc1Br. The highest BCUT2D eigenvalue weighted by Gasteiger charge is 2.28. The van der Waals surface area contributed by atoms with Gasteiger partial charge < -0.3 is 10.2 Å². The lowest BCUT2D eigenvalue weighted by atomic mass is 9.95. The van der Waals surface area contributed by atoms with Gasteiger partial charge in [-0.05, 0) is 54.6 Å². The van der Waals surface area contributed by atoms with Crippen molar-refractivity contribution in [1.82, 2.24) is 0 Å². The number of aliphatic hydroxyl groups is 1. The Morgan fingerprint density at radius 1 is 1.39 bits per heavy atom. The average molecular weight is 487 g/mol. The second kappa shape index (κ2) is 12.0. The minimum atomic E-state index is -0.804. The molecule has 1 heterocycles. The van der Waals surface area contributed by atoms with Gasteiger partial charge in [-0.25, -0.2) is 0 Å². The Labute approximate surface area is 183 Å². The molecule has 0 bridgehead atoms. The average Bonchev–Trinajstić information content (AvgIpc) is 3.16. The molecule has 7 heteroatoms. The normalized spacial score (nSPS) is 21.0. The molecule has 2 N–H and O–H groups in total. The van der Waals surface area contributed by atoms with E-state index in [0.717, 1.165) is 30.2 Å². The maximum absolute atomic E-state index is 12.3. The van der Waals surface area contributed by atoms with Gasteiger partial charge in [-0.15, -0.1) is 23.1 Å². The van der Waals surface area contributed by atoms with Gasteiger partial charge in [0.05, 0.1) is 11.9 Å². The molecule has 1 aromatic heterocycles. The van der Waals surface area contributed by atoms with Crippen LogP contribution >= 0.6 is 39.0 Å². The van der Waals surface area contributed by atoms with Crippen LogP contribution < -0.4 is 0 Å². The van der Waals surface area contributed by atoms with Crippen molar-refractivity contribution >= 4 is 50.8 Å². The zero-order valence-corrected chi connectivity index (χ0v) is 19.2. The molecule has 154 valence electrons. The van der Waals surface area contributed by atoms with Gasteiger partial charge in [0.25, 0.3) is 0 Å². The number of aliphatic carboxylic acids is 1. The van der Waals surface area contributed by atoms with Gasteiger partial charge in [0.2, 0.25) is 0 Å². The molecular weight excluding hydrogens is 460 g/mol. The van der Waals surface area contributed by atoms with Gasteiger partial charge in [-0.2, -0.15) is 0 Å². The highest BCUT2D eigenvalue weighted by atomic mass is 79.9. The molecule has 1 aromatic rings. The summed E-state index contributed by atoms with van der Waals surface area (Å²) < 4.78 is 1.11. The monoisotopic (exact) mass is 486 g/mol. The Hall–Kier alpha value is -0.890. The van der Waals surface area contributed by atoms with Crippen LogP contribution in [0.1, 0.15) is 41.9 Å². The number of hydrogen-bond donors (Lipinski definition) is 2. The number of thioether (sulfide) groups is 1. The number of rotatable bonds is 11. The summed E-state index contributed by atoms with van der Waals surface area (Å²) in [6.45, 7) is 2.06. The minimum Gasteiger partial charge on any atom is -0.481 e. The van der Waals surface area contributed by atoms with Crippen LogP contribution in [0.15, 0.2) is 34.3 Å². The Bertz CT molecular complexity index is 719. The number of aliphatic hydroxyl groups excluding tert-OH is 1. The maximum atomic E-state index is 12.3. The second-order valence-electron chi connectivity index (χ2n) is 6.97. The summed E-state index contributed by atoms with van der Waals surface area (Å²) in [5.41, 5.74) is 1.18. The lowest BCUT2D eigenvalue weighted by molar-refractivity contribution is -0.133. The molecule has 1 fully saturated rings. The van der Waals surface area contributed by atoms with E-state index in [1.165, 1.54) is 27.1 Å². The molecular formula is C21H27BrO4S2. The molecule has 1 aliphatic carbocycles. The van der Waals surface area contributed by atoms with E-state index in [-0.39, 0.29) is 23.6 Å². The van der Waals surface area contributed by atoms with E-state index < -0.39 is 5.97 Å². The molecule has 2 rings (SSSR count). The molecule has 0 saturated heterocycles. The summed E-state index contributed by atoms with van der Waals surface area (Å²) in [6, 6.07) is 2.09. The van der Waals surface area contributed by atoms with Gasteiger partial charge in [-0.1, -0.05) is 23.8 Å². The fourth-order valence-corrected chi connectivity index (χ4v) is 5.45. The van der Waals surface area contributed by atoms with Crippen molar-refractivity contribution in [3.05, 3.63) is 44.1 Å². The number of carbonyl (C=O) groups is 2. The molecule has 0 spiro atoms. The molecule has 0 aromatic carbocycles. The highest BCUT2D eigenvalue weighted by molar-refractivity contribution is 9.10. The zero-order valence-electron chi connectivity index (χ0n) is 16.0. The first-order chi connectivity index (χ1) is 13.4. The topological polar surface area (TPSA) is 74.6 Å². The van der Waals surface area contributed by atoms with E-state index in [2.05, 4.69) is 28.9 Å². The van der Waals surface area contributed by atoms with Crippen LogP contribution in [0.2, 0.25) is 0 Å². The number of aryl methyl sites for hydroxylation is 2. The third-order valence-electron chi connectivity index (χ3n) is 4.82. The predicted octanol–water partition coefficient (Wildman–Crippen LogP) is 5.17. The number of thiophene rings is 1. The quantitative estimate of drug-likeness (QED) is 0.333. The molecule has 1 unspecified atom stereocenters. The van der Waals surface area contributed by atoms with Crippen LogP contribution in [0.3, 0.4) is 0 Å². The van der Waals surface area contributed by atoms with Crippen LogP contribution in [0.4, 0.5) is 0 Å². The van der Waals surface area contributed by atoms with Crippen molar-refractivity contribution in [3.63, 3.8) is 0 Å². The number of Topliss-reactive ketones (excluding diaryl/α,β-unsaturated/α-hetero) is 1. The summed E-state index contributed by atoms with van der Waals surface area (Å²) in [7, 11) is 0. The van der Waals surface area contributed by atoms with Crippen molar-refractivity contribution in [1.29, 1.82) is 0 Å². The number of hydrogen-bond acceptors (Lipinski definition) is 5. The lowest BCUT2D eigenvalue weighted by Crippen LogP contribution is -2.13. The number of allylic oxidation sites excluding steroid dienone is 2. The first-order valence-electron chi connectivity index (χ1n) is 9.45. The van der Waals surface area contributed by atoms with Crippen molar-refractivity contribution in [2.45, 2.75) is 51.6 Å². The fourth-order valence-electron chi connectivity index (χ4n) is 3.29. The molecule has 4 nitrogen and oxygen atoms in total. The molecule has 28 heavy (non-hydrogen) atoms.